The molecule has 0 fully saturated rings. The molecule has 136 valence electrons. The summed E-state index contributed by atoms with van der Waals surface area (Å²) in [6.07, 6.45) is 1.33. The summed E-state index contributed by atoms with van der Waals surface area (Å²) < 4.78 is 4.73. The van der Waals surface area contributed by atoms with E-state index < -0.39 is 5.97 Å². The lowest BCUT2D eigenvalue weighted by molar-refractivity contribution is 0.0601. The highest BCUT2D eigenvalue weighted by Gasteiger charge is 2.10. The van der Waals surface area contributed by atoms with Crippen LogP contribution in [0.3, 0.4) is 0 Å². The molecule has 0 bridgehead atoms. The van der Waals surface area contributed by atoms with Gasteiger partial charge in [-0.2, -0.15) is 0 Å². The number of ether oxygens (including phenoxy) is 1. The zero-order valence-electron chi connectivity index (χ0n) is 14.5. The normalized spacial score (nSPS) is 11.1. The SMILES string of the molecule is COC(=O)c1cccc(-c2csc(N/C(O)=C\C(=N)c3ccccc3)n2)c1. The number of aliphatic hydroxyl groups is 1. The van der Waals surface area contributed by atoms with Crippen molar-refractivity contribution in [3.05, 3.63) is 83.1 Å². The Labute approximate surface area is 160 Å². The number of hydrogen-bond acceptors (Lipinski definition) is 7. The van der Waals surface area contributed by atoms with Gasteiger partial charge in [0.15, 0.2) is 11.0 Å². The number of nitrogens with zero attached hydrogens (tertiary/aromatic N) is 1. The van der Waals surface area contributed by atoms with Crippen molar-refractivity contribution in [3.8, 4) is 11.3 Å². The number of aromatic nitrogens is 1. The molecule has 3 aromatic rings. The lowest BCUT2D eigenvalue weighted by atomic mass is 10.1. The van der Waals surface area contributed by atoms with Crippen LogP contribution in [0.15, 0.2) is 71.9 Å². The maximum absolute atomic E-state index is 11.7. The Balaban J connectivity index is 1.73. The minimum absolute atomic E-state index is 0.173. The molecule has 0 amide bonds. The average molecular weight is 379 g/mol. The molecule has 6 nitrogen and oxygen atoms in total. The molecule has 0 radical (unpaired) electrons. The van der Waals surface area contributed by atoms with Crippen molar-refractivity contribution < 1.29 is 14.6 Å². The molecule has 1 aromatic heterocycles. The fraction of sp³-hybridized carbons (Fsp3) is 0.0500. The highest BCUT2D eigenvalue weighted by molar-refractivity contribution is 7.14. The fourth-order valence-corrected chi connectivity index (χ4v) is 3.10. The topological polar surface area (TPSA) is 95.3 Å². The monoisotopic (exact) mass is 379 g/mol. The smallest absolute Gasteiger partial charge is 0.337 e. The number of nitrogens with one attached hydrogen (secondary N) is 2. The summed E-state index contributed by atoms with van der Waals surface area (Å²) in [6, 6.07) is 16.1. The number of allylic oxidation sites excluding steroid dienone is 1. The lowest BCUT2D eigenvalue weighted by Crippen LogP contribution is -2.03. The first-order valence-corrected chi connectivity index (χ1v) is 8.90. The molecule has 0 aliphatic rings. The van der Waals surface area contributed by atoms with Crippen LogP contribution in [0.25, 0.3) is 11.3 Å². The van der Waals surface area contributed by atoms with Crippen LogP contribution in [0.4, 0.5) is 5.13 Å². The van der Waals surface area contributed by atoms with Gasteiger partial charge >= 0.3 is 5.97 Å². The summed E-state index contributed by atoms with van der Waals surface area (Å²) in [5, 5.41) is 23.2. The van der Waals surface area contributed by atoms with E-state index in [4.69, 9.17) is 10.1 Å². The van der Waals surface area contributed by atoms with E-state index in [-0.39, 0.29) is 11.6 Å². The molecular weight excluding hydrogens is 362 g/mol. The molecule has 1 heterocycles. The zero-order valence-corrected chi connectivity index (χ0v) is 15.3. The second-order valence-corrected chi connectivity index (χ2v) is 6.40. The Bertz CT molecular complexity index is 996. The van der Waals surface area contributed by atoms with Crippen LogP contribution in [0.2, 0.25) is 0 Å². The van der Waals surface area contributed by atoms with Crippen molar-refractivity contribution in [3.63, 3.8) is 0 Å². The molecule has 0 spiro atoms. The van der Waals surface area contributed by atoms with E-state index in [9.17, 15) is 9.90 Å². The van der Waals surface area contributed by atoms with Gasteiger partial charge in [-0.25, -0.2) is 9.78 Å². The van der Waals surface area contributed by atoms with Gasteiger partial charge in [0.25, 0.3) is 0 Å². The predicted molar refractivity (Wildman–Crippen MR) is 106 cm³/mol. The summed E-state index contributed by atoms with van der Waals surface area (Å²) in [5.41, 5.74) is 2.76. The minimum atomic E-state index is -0.412. The van der Waals surface area contributed by atoms with E-state index in [0.717, 1.165) is 5.56 Å². The first-order valence-electron chi connectivity index (χ1n) is 8.03. The van der Waals surface area contributed by atoms with E-state index in [0.29, 0.717) is 22.0 Å². The molecule has 0 atom stereocenters. The van der Waals surface area contributed by atoms with Crippen molar-refractivity contribution in [1.29, 1.82) is 5.41 Å². The molecule has 3 N–H and O–H groups in total. The van der Waals surface area contributed by atoms with Crippen LogP contribution < -0.4 is 5.32 Å². The van der Waals surface area contributed by atoms with Crippen molar-refractivity contribution >= 4 is 28.1 Å². The number of benzene rings is 2. The lowest BCUT2D eigenvalue weighted by Gasteiger charge is -2.03. The van der Waals surface area contributed by atoms with Gasteiger partial charge in [-0.3, -0.25) is 0 Å². The van der Waals surface area contributed by atoms with Gasteiger partial charge in [0.2, 0.25) is 0 Å². The zero-order chi connectivity index (χ0) is 19.2. The summed E-state index contributed by atoms with van der Waals surface area (Å²) in [6.45, 7) is 0. The maximum Gasteiger partial charge on any atom is 0.337 e. The highest BCUT2D eigenvalue weighted by atomic mass is 32.1. The summed E-state index contributed by atoms with van der Waals surface area (Å²) >= 11 is 1.31. The van der Waals surface area contributed by atoms with E-state index in [2.05, 4.69) is 10.3 Å². The van der Waals surface area contributed by atoms with Gasteiger partial charge in [-0.05, 0) is 17.7 Å². The Morgan fingerprint density at radius 1 is 1.19 bits per heavy atom. The number of thiazole rings is 1. The van der Waals surface area contributed by atoms with Crippen LogP contribution in [-0.2, 0) is 4.74 Å². The third kappa shape index (κ3) is 4.59. The van der Waals surface area contributed by atoms with Crippen LogP contribution in [0.1, 0.15) is 15.9 Å². The van der Waals surface area contributed by atoms with Gasteiger partial charge in [0, 0.05) is 17.0 Å². The van der Waals surface area contributed by atoms with Gasteiger partial charge in [0.05, 0.1) is 24.1 Å². The Morgan fingerprint density at radius 2 is 1.93 bits per heavy atom. The number of anilines is 1. The third-order valence-corrected chi connectivity index (χ3v) is 4.44. The molecule has 0 aliphatic heterocycles. The number of hydrogen-bond donors (Lipinski definition) is 3. The summed E-state index contributed by atoms with van der Waals surface area (Å²) in [7, 11) is 1.34. The van der Waals surface area contributed by atoms with E-state index in [1.165, 1.54) is 24.5 Å². The Hall–Kier alpha value is -3.45. The van der Waals surface area contributed by atoms with E-state index >= 15 is 0 Å². The number of methoxy groups -OCH3 is 1. The van der Waals surface area contributed by atoms with Crippen molar-refractivity contribution in [2.24, 2.45) is 0 Å². The molecule has 7 heteroatoms. The summed E-state index contributed by atoms with van der Waals surface area (Å²) in [4.78, 5) is 16.1. The minimum Gasteiger partial charge on any atom is -0.494 e. The highest BCUT2D eigenvalue weighted by Crippen LogP contribution is 2.26. The number of rotatable bonds is 6. The molecule has 0 saturated heterocycles. The Morgan fingerprint density at radius 3 is 2.67 bits per heavy atom. The molecule has 27 heavy (non-hydrogen) atoms. The predicted octanol–water partition coefficient (Wildman–Crippen LogP) is 4.48. The van der Waals surface area contributed by atoms with Crippen molar-refractivity contribution in [2.75, 3.05) is 12.4 Å². The number of carbonyl (C=O) groups excluding carboxylic acids is 1. The first-order chi connectivity index (χ1) is 13.1. The first kappa shape index (κ1) is 18.3. The number of carbonyl (C=O) groups is 1. The van der Waals surface area contributed by atoms with Crippen LogP contribution >= 0.6 is 11.3 Å². The van der Waals surface area contributed by atoms with Crippen molar-refractivity contribution in [2.45, 2.75) is 0 Å². The van der Waals surface area contributed by atoms with Crippen LogP contribution in [0.5, 0.6) is 0 Å². The molecule has 2 aromatic carbocycles. The number of esters is 1. The van der Waals surface area contributed by atoms with Crippen LogP contribution in [0, 0.1) is 5.41 Å². The molecule has 0 saturated carbocycles. The largest absolute Gasteiger partial charge is 0.494 e. The Kier molecular flexibility index (Phi) is 5.63. The second-order valence-electron chi connectivity index (χ2n) is 5.54. The van der Waals surface area contributed by atoms with Gasteiger partial charge < -0.3 is 20.6 Å². The van der Waals surface area contributed by atoms with Crippen molar-refractivity contribution in [1.82, 2.24) is 4.98 Å². The van der Waals surface area contributed by atoms with Gasteiger partial charge in [0.1, 0.15) is 0 Å². The molecule has 0 unspecified atom stereocenters. The molecule has 3 rings (SSSR count). The van der Waals surface area contributed by atoms with Gasteiger partial charge in [-0.1, -0.05) is 42.5 Å². The second kappa shape index (κ2) is 8.29. The number of aliphatic hydroxyl groups excluding tert-OH is 1. The quantitative estimate of drug-likeness (QED) is 0.333. The third-order valence-electron chi connectivity index (χ3n) is 3.68. The average Bonchev–Trinajstić information content (AvgIpc) is 3.16. The fourth-order valence-electron chi connectivity index (χ4n) is 2.37. The van der Waals surface area contributed by atoms with E-state index in [1.54, 1.807) is 30.3 Å². The maximum atomic E-state index is 11.7. The van der Waals surface area contributed by atoms with Crippen LogP contribution in [-0.4, -0.2) is 28.9 Å². The standard InChI is InChI=1S/C20H17N3O3S/c1-26-19(25)15-9-5-8-14(10-15)17-12-27-20(22-17)23-18(24)11-16(21)13-6-3-2-4-7-13/h2-12,21,24H,1H3,(H,22,23)/b18-11+,21-16?. The molecule has 0 aliphatic carbocycles. The van der Waals surface area contributed by atoms with E-state index in [1.807, 2.05) is 29.6 Å². The molecular formula is C20H17N3O3S. The summed E-state index contributed by atoms with van der Waals surface area (Å²) in [5.74, 6) is -0.585. The van der Waals surface area contributed by atoms with Gasteiger partial charge in [-0.15, -0.1) is 11.3 Å².